The molecule has 0 N–H and O–H groups in total. The van der Waals surface area contributed by atoms with Crippen molar-refractivity contribution in [2.75, 3.05) is 14.7 Å². The van der Waals surface area contributed by atoms with Crippen LogP contribution in [0.15, 0.2) is 182 Å². The van der Waals surface area contributed by atoms with Crippen molar-refractivity contribution < 1.29 is 0 Å². The highest BCUT2D eigenvalue weighted by Gasteiger charge is 2.45. The van der Waals surface area contributed by atoms with Crippen molar-refractivity contribution >= 4 is 96.1 Å². The summed E-state index contributed by atoms with van der Waals surface area (Å²) < 4.78 is 2.50. The van der Waals surface area contributed by atoms with E-state index in [4.69, 9.17) is 0 Å². The number of benzene rings is 9. The Morgan fingerprint density at radius 1 is 0.264 bits per heavy atom. The molecule has 0 fully saturated rings. The van der Waals surface area contributed by atoms with Gasteiger partial charge in [-0.05, 0) is 196 Å². The van der Waals surface area contributed by atoms with Crippen LogP contribution in [0.1, 0.15) is 184 Å². The summed E-state index contributed by atoms with van der Waals surface area (Å²) in [6.45, 7) is 48.7. The van der Waals surface area contributed by atoms with Gasteiger partial charge in [0.2, 0.25) is 0 Å². The van der Waals surface area contributed by atoms with Crippen molar-refractivity contribution in [3.8, 4) is 5.69 Å². The monoisotopic (exact) mass is 1140 g/mol. The standard InChI is InChI=1S/C82H93BN4/c1-76(2,3)52-22-32-59(33-23-52)84(63-40-42-65-66-46-56(80(13,14)15)30-44-69(66)85(71(65)50-63)60-34-24-53(25-35-60)77(4,5)6)64-41-43-67-72(51-64)87(62-38-28-55(29-39-62)79(10,11)12)74-49-58(82(19,20)21)48-73-75(74)83(67)68-47-57(81(16,17)18)31-45-70(68)86(73)61-36-26-54(27-37-61)78(7,8)9/h22-51H,1-21H3. The van der Waals surface area contributed by atoms with Gasteiger partial charge in [0.15, 0.2) is 0 Å². The highest BCUT2D eigenvalue weighted by Crippen LogP contribution is 2.50. The van der Waals surface area contributed by atoms with Crippen LogP contribution in [0.2, 0.25) is 0 Å². The largest absolute Gasteiger partial charge is 0.311 e. The highest BCUT2D eigenvalue weighted by molar-refractivity contribution is 7.00. The van der Waals surface area contributed by atoms with Crippen molar-refractivity contribution in [3.63, 3.8) is 0 Å². The van der Waals surface area contributed by atoms with E-state index in [-0.39, 0.29) is 44.6 Å². The number of hydrogen-bond donors (Lipinski definition) is 0. The highest BCUT2D eigenvalue weighted by atomic mass is 15.2. The predicted molar refractivity (Wildman–Crippen MR) is 380 cm³/mol. The molecule has 0 unspecified atom stereocenters. The quantitative estimate of drug-likeness (QED) is 0.154. The van der Waals surface area contributed by atoms with Crippen LogP contribution in [0.3, 0.4) is 0 Å². The van der Waals surface area contributed by atoms with Gasteiger partial charge in [-0.3, -0.25) is 0 Å². The number of fused-ring (bicyclic) bond motifs is 7. The van der Waals surface area contributed by atoms with Gasteiger partial charge in [0.1, 0.15) is 0 Å². The van der Waals surface area contributed by atoms with Gasteiger partial charge < -0.3 is 19.3 Å². The molecule has 2 aliphatic heterocycles. The first kappa shape index (κ1) is 59.6. The second-order valence-electron chi connectivity index (χ2n) is 32.6. The van der Waals surface area contributed by atoms with Crippen molar-refractivity contribution in [2.24, 2.45) is 0 Å². The fraction of sp³-hybridized carbons (Fsp3) is 0.341. The van der Waals surface area contributed by atoms with Crippen LogP contribution in [-0.2, 0) is 37.9 Å². The van der Waals surface area contributed by atoms with Crippen LogP contribution < -0.4 is 31.1 Å². The van der Waals surface area contributed by atoms with Gasteiger partial charge in [-0.15, -0.1) is 0 Å². The molecule has 0 saturated carbocycles. The van der Waals surface area contributed by atoms with E-state index in [1.807, 2.05) is 0 Å². The SMILES string of the molecule is CC(C)(C)c1ccc(N(c2ccc3c(c2)N(c2ccc(C(C)(C)C)cc2)c2cc(C(C)(C)C)cc4c2B3c2cc(C(C)(C)C)ccc2N4c2ccc(C(C)(C)C)cc2)c2ccc3c4cc(C(C)(C)C)ccc4n(-c4ccc(C(C)(C)C)cc4)c3c2)cc1. The zero-order chi connectivity index (χ0) is 62.5. The summed E-state index contributed by atoms with van der Waals surface area (Å²) >= 11 is 0. The third kappa shape index (κ3) is 10.7. The third-order valence-electron chi connectivity index (χ3n) is 18.9. The first-order valence-corrected chi connectivity index (χ1v) is 31.9. The molecular weight excluding hydrogens is 1050 g/mol. The second-order valence-corrected chi connectivity index (χ2v) is 32.6. The normalized spacial score (nSPS) is 14.0. The summed E-state index contributed by atoms with van der Waals surface area (Å²) in [4.78, 5) is 7.71. The van der Waals surface area contributed by atoms with Gasteiger partial charge in [0.25, 0.3) is 6.71 Å². The average molecular weight is 1150 g/mol. The Morgan fingerprint density at radius 2 is 0.655 bits per heavy atom. The van der Waals surface area contributed by atoms with E-state index in [1.165, 1.54) is 106 Å². The molecule has 0 radical (unpaired) electrons. The fourth-order valence-corrected chi connectivity index (χ4v) is 13.4. The molecule has 0 atom stereocenters. The van der Waals surface area contributed by atoms with Crippen molar-refractivity contribution in [3.05, 3.63) is 221 Å². The zero-order valence-electron chi connectivity index (χ0n) is 56.2. The molecule has 0 bridgehead atoms. The fourth-order valence-electron chi connectivity index (χ4n) is 13.4. The third-order valence-corrected chi connectivity index (χ3v) is 18.9. The lowest BCUT2D eigenvalue weighted by Crippen LogP contribution is -2.61. The van der Waals surface area contributed by atoms with Gasteiger partial charge in [0, 0.05) is 67.6 Å². The van der Waals surface area contributed by atoms with Crippen molar-refractivity contribution in [2.45, 2.75) is 183 Å². The molecule has 1 aromatic heterocycles. The molecule has 0 aliphatic carbocycles. The second kappa shape index (κ2) is 20.4. The van der Waals surface area contributed by atoms with Gasteiger partial charge in [0.05, 0.1) is 11.0 Å². The van der Waals surface area contributed by atoms with Gasteiger partial charge in [-0.1, -0.05) is 224 Å². The maximum absolute atomic E-state index is 2.62. The Hall–Kier alpha value is -7.76. The molecule has 0 saturated heterocycles. The maximum atomic E-state index is 2.62. The predicted octanol–water partition coefficient (Wildman–Crippen LogP) is 21.4. The van der Waals surface area contributed by atoms with E-state index in [0.29, 0.717) is 0 Å². The first-order chi connectivity index (χ1) is 40.6. The molecule has 12 rings (SSSR count). The van der Waals surface area contributed by atoms with Crippen LogP contribution >= 0.6 is 0 Å². The number of rotatable bonds is 6. The van der Waals surface area contributed by atoms with E-state index in [1.54, 1.807) is 0 Å². The van der Waals surface area contributed by atoms with Crippen LogP contribution in [-0.4, -0.2) is 11.3 Å². The number of anilines is 9. The summed E-state index contributed by atoms with van der Waals surface area (Å²) in [6.07, 6.45) is 0. The Balaban J connectivity index is 1.15. The summed E-state index contributed by atoms with van der Waals surface area (Å²) in [5.74, 6) is 0. The summed E-state index contributed by atoms with van der Waals surface area (Å²) in [7, 11) is 0. The molecule has 444 valence electrons. The van der Waals surface area contributed by atoms with Crippen molar-refractivity contribution in [1.29, 1.82) is 0 Å². The lowest BCUT2D eigenvalue weighted by molar-refractivity contribution is 0.589. The molecular formula is C82H93BN4. The minimum Gasteiger partial charge on any atom is -0.311 e. The van der Waals surface area contributed by atoms with E-state index < -0.39 is 0 Å². The molecule has 5 heteroatoms. The van der Waals surface area contributed by atoms with E-state index >= 15 is 0 Å². The lowest BCUT2D eigenvalue weighted by atomic mass is 9.33. The summed E-state index contributed by atoms with van der Waals surface area (Å²) in [5.41, 5.74) is 27.0. The number of aromatic nitrogens is 1. The van der Waals surface area contributed by atoms with E-state index in [0.717, 1.165) is 28.4 Å². The van der Waals surface area contributed by atoms with Crippen LogP contribution in [0.4, 0.5) is 51.2 Å². The van der Waals surface area contributed by atoms with Crippen molar-refractivity contribution in [1.82, 2.24) is 4.57 Å². The smallest absolute Gasteiger partial charge is 0.252 e. The molecule has 9 aromatic carbocycles. The Bertz CT molecular complexity index is 4280. The average Bonchev–Trinajstić information content (AvgIpc) is 1.12. The first-order valence-electron chi connectivity index (χ1n) is 31.9. The summed E-state index contributed by atoms with van der Waals surface area (Å²) in [5, 5.41) is 2.51. The lowest BCUT2D eigenvalue weighted by Gasteiger charge is -2.45. The van der Waals surface area contributed by atoms with Gasteiger partial charge in [-0.2, -0.15) is 0 Å². The minimum atomic E-state index is -0.164. The zero-order valence-corrected chi connectivity index (χ0v) is 56.2. The van der Waals surface area contributed by atoms with Crippen LogP contribution in [0, 0.1) is 0 Å². The van der Waals surface area contributed by atoms with Crippen LogP contribution in [0.5, 0.6) is 0 Å². The molecule has 3 heterocycles. The number of hydrogen-bond acceptors (Lipinski definition) is 3. The van der Waals surface area contributed by atoms with Crippen LogP contribution in [0.25, 0.3) is 27.5 Å². The van der Waals surface area contributed by atoms with E-state index in [9.17, 15) is 0 Å². The van der Waals surface area contributed by atoms with Gasteiger partial charge in [-0.25, -0.2) is 0 Å². The Labute approximate surface area is 522 Å². The Morgan fingerprint density at radius 3 is 1.14 bits per heavy atom. The maximum Gasteiger partial charge on any atom is 0.252 e. The minimum absolute atomic E-state index is 0.00931. The van der Waals surface area contributed by atoms with E-state index in [2.05, 4.69) is 347 Å². The Kier molecular flexibility index (Phi) is 14.0. The summed E-state index contributed by atoms with van der Waals surface area (Å²) in [6, 6.07) is 71.7. The molecule has 0 amide bonds. The molecule has 2 aliphatic rings. The topological polar surface area (TPSA) is 14.7 Å². The van der Waals surface area contributed by atoms with Gasteiger partial charge >= 0.3 is 0 Å². The molecule has 4 nitrogen and oxygen atoms in total. The molecule has 87 heavy (non-hydrogen) atoms. The molecule has 10 aromatic rings. The number of nitrogens with zero attached hydrogens (tertiary/aromatic N) is 4. The molecule has 0 spiro atoms.